The zero-order chi connectivity index (χ0) is 17.3. The molecule has 4 nitrogen and oxygen atoms in total. The fourth-order valence-corrected chi connectivity index (χ4v) is 3.92. The lowest BCUT2D eigenvalue weighted by Crippen LogP contribution is -2.56. The summed E-state index contributed by atoms with van der Waals surface area (Å²) in [5.74, 6) is 2.15. The number of hydrogen-bond donors (Lipinski definition) is 1. The van der Waals surface area contributed by atoms with E-state index in [-0.39, 0.29) is 18.2 Å². The Kier molecular flexibility index (Phi) is 5.11. The predicted molar refractivity (Wildman–Crippen MR) is 98.2 cm³/mol. The number of likely N-dealkylation sites (tertiary alicyclic amines) is 1. The van der Waals surface area contributed by atoms with E-state index in [9.17, 15) is 4.79 Å². The zero-order valence-electron chi connectivity index (χ0n) is 14.8. The molecule has 1 saturated carbocycles. The van der Waals surface area contributed by atoms with E-state index in [4.69, 9.17) is 10.5 Å². The number of ether oxygens (including phenoxy) is 1. The molecule has 1 heterocycles. The summed E-state index contributed by atoms with van der Waals surface area (Å²) >= 11 is 1.93. The van der Waals surface area contributed by atoms with Crippen LogP contribution in [0.25, 0.3) is 0 Å². The minimum Gasteiger partial charge on any atom is -0.444 e. The van der Waals surface area contributed by atoms with Gasteiger partial charge in [0.05, 0.1) is 12.1 Å². The number of hydrogen-bond acceptors (Lipinski definition) is 4. The SMILES string of the molecule is CC(C)(C)OC(=O)N1CC[C@H]1C(N)c1ccc(SCC2CC2)cc1. The van der Waals surface area contributed by atoms with Gasteiger partial charge in [0.1, 0.15) is 5.60 Å². The number of carbonyl (C=O) groups excluding carboxylic acids is 1. The Morgan fingerprint density at radius 1 is 1.29 bits per heavy atom. The summed E-state index contributed by atoms with van der Waals surface area (Å²) in [6.07, 6.45) is 3.44. The van der Waals surface area contributed by atoms with E-state index in [1.165, 1.54) is 23.5 Å². The number of carbonyl (C=O) groups is 1. The summed E-state index contributed by atoms with van der Waals surface area (Å²) in [7, 11) is 0. The molecule has 1 amide bonds. The van der Waals surface area contributed by atoms with Crippen molar-refractivity contribution in [2.24, 2.45) is 11.7 Å². The Morgan fingerprint density at radius 2 is 1.96 bits per heavy atom. The number of nitrogens with two attached hydrogens (primary N) is 1. The lowest BCUT2D eigenvalue weighted by Gasteiger charge is -2.44. The molecule has 0 aromatic heterocycles. The average molecular weight is 349 g/mol. The van der Waals surface area contributed by atoms with Crippen molar-refractivity contribution >= 4 is 17.9 Å². The van der Waals surface area contributed by atoms with Gasteiger partial charge in [0.25, 0.3) is 0 Å². The zero-order valence-corrected chi connectivity index (χ0v) is 15.6. The molecule has 0 spiro atoms. The Morgan fingerprint density at radius 3 is 2.46 bits per heavy atom. The van der Waals surface area contributed by atoms with Crippen LogP contribution in [0, 0.1) is 5.92 Å². The standard InChI is InChI=1S/C19H28N2O2S/c1-19(2,3)23-18(22)21-11-10-16(21)17(20)14-6-8-15(9-7-14)24-12-13-4-5-13/h6-9,13,16-17H,4-5,10-12,20H2,1-3H3/t16-,17?/m0/s1. The monoisotopic (exact) mass is 348 g/mol. The average Bonchev–Trinajstić information content (AvgIpc) is 3.26. The van der Waals surface area contributed by atoms with Crippen molar-refractivity contribution in [3.63, 3.8) is 0 Å². The molecule has 1 saturated heterocycles. The summed E-state index contributed by atoms with van der Waals surface area (Å²) in [5.41, 5.74) is 7.03. The summed E-state index contributed by atoms with van der Waals surface area (Å²) in [4.78, 5) is 15.3. The molecule has 2 N–H and O–H groups in total. The van der Waals surface area contributed by atoms with Crippen LogP contribution in [0.3, 0.4) is 0 Å². The molecule has 24 heavy (non-hydrogen) atoms. The second kappa shape index (κ2) is 6.96. The van der Waals surface area contributed by atoms with Crippen LogP contribution in [0.4, 0.5) is 4.79 Å². The fourth-order valence-electron chi connectivity index (χ4n) is 2.83. The quantitative estimate of drug-likeness (QED) is 0.810. The van der Waals surface area contributed by atoms with Gasteiger partial charge in [0, 0.05) is 17.2 Å². The summed E-state index contributed by atoms with van der Waals surface area (Å²) in [6, 6.07) is 8.38. The van der Waals surface area contributed by atoms with E-state index < -0.39 is 5.60 Å². The number of benzene rings is 1. The molecule has 1 aromatic rings. The highest BCUT2D eigenvalue weighted by Gasteiger charge is 2.39. The third kappa shape index (κ3) is 4.45. The van der Waals surface area contributed by atoms with Crippen LogP contribution in [-0.2, 0) is 4.74 Å². The van der Waals surface area contributed by atoms with Crippen LogP contribution in [0.15, 0.2) is 29.2 Å². The van der Waals surface area contributed by atoms with Crippen LogP contribution in [0.2, 0.25) is 0 Å². The first-order valence-electron chi connectivity index (χ1n) is 8.81. The van der Waals surface area contributed by atoms with E-state index in [0.29, 0.717) is 0 Å². The molecule has 1 aliphatic carbocycles. The molecule has 0 radical (unpaired) electrons. The first kappa shape index (κ1) is 17.6. The van der Waals surface area contributed by atoms with Crippen molar-refractivity contribution in [1.82, 2.24) is 4.90 Å². The van der Waals surface area contributed by atoms with Gasteiger partial charge in [-0.15, -0.1) is 11.8 Å². The number of nitrogens with zero attached hydrogens (tertiary/aromatic N) is 1. The van der Waals surface area contributed by atoms with Crippen LogP contribution in [0.1, 0.15) is 51.6 Å². The Labute approximate surface area is 149 Å². The Hall–Kier alpha value is -1.20. The van der Waals surface area contributed by atoms with E-state index in [2.05, 4.69) is 24.3 Å². The Balaban J connectivity index is 1.56. The lowest BCUT2D eigenvalue weighted by atomic mass is 9.91. The van der Waals surface area contributed by atoms with Gasteiger partial charge in [0.2, 0.25) is 0 Å². The largest absolute Gasteiger partial charge is 0.444 e. The molecule has 1 aliphatic heterocycles. The molecular formula is C19H28N2O2S. The van der Waals surface area contributed by atoms with Crippen molar-refractivity contribution in [2.75, 3.05) is 12.3 Å². The predicted octanol–water partition coefficient (Wildman–Crippen LogP) is 4.20. The van der Waals surface area contributed by atoms with Gasteiger partial charge >= 0.3 is 6.09 Å². The normalized spacial score (nSPS) is 22.0. The lowest BCUT2D eigenvalue weighted by molar-refractivity contribution is -0.0102. The van der Waals surface area contributed by atoms with Crippen molar-refractivity contribution in [2.45, 2.75) is 62.6 Å². The van der Waals surface area contributed by atoms with Gasteiger partial charge in [0.15, 0.2) is 0 Å². The van der Waals surface area contributed by atoms with Crippen LogP contribution in [-0.4, -0.2) is 34.9 Å². The van der Waals surface area contributed by atoms with Gasteiger partial charge < -0.3 is 15.4 Å². The highest BCUT2D eigenvalue weighted by atomic mass is 32.2. The van der Waals surface area contributed by atoms with Gasteiger partial charge in [-0.3, -0.25) is 0 Å². The van der Waals surface area contributed by atoms with Crippen molar-refractivity contribution in [1.29, 1.82) is 0 Å². The molecule has 1 unspecified atom stereocenters. The smallest absolute Gasteiger partial charge is 0.410 e. The molecule has 2 atom stereocenters. The first-order valence-corrected chi connectivity index (χ1v) is 9.80. The minimum atomic E-state index is -0.470. The third-order valence-corrected chi connectivity index (χ3v) is 5.80. The third-order valence-electron chi connectivity index (χ3n) is 4.56. The number of thioether (sulfide) groups is 1. The van der Waals surface area contributed by atoms with Crippen LogP contribution >= 0.6 is 11.8 Å². The van der Waals surface area contributed by atoms with Crippen LogP contribution < -0.4 is 5.73 Å². The molecule has 2 aliphatic rings. The van der Waals surface area contributed by atoms with Crippen molar-refractivity contribution in [3.8, 4) is 0 Å². The number of amides is 1. The van der Waals surface area contributed by atoms with E-state index >= 15 is 0 Å². The summed E-state index contributed by atoms with van der Waals surface area (Å²) in [5, 5.41) is 0. The minimum absolute atomic E-state index is 0.0322. The molecule has 1 aromatic carbocycles. The number of rotatable bonds is 5. The second-order valence-electron chi connectivity index (χ2n) is 7.88. The van der Waals surface area contributed by atoms with E-state index in [0.717, 1.165) is 24.4 Å². The van der Waals surface area contributed by atoms with E-state index in [1.54, 1.807) is 4.90 Å². The molecule has 2 fully saturated rings. The highest BCUT2D eigenvalue weighted by molar-refractivity contribution is 7.99. The first-order chi connectivity index (χ1) is 11.3. The van der Waals surface area contributed by atoms with Gasteiger partial charge in [-0.2, -0.15) is 0 Å². The van der Waals surface area contributed by atoms with Gasteiger partial charge in [-0.25, -0.2) is 4.79 Å². The van der Waals surface area contributed by atoms with Crippen molar-refractivity contribution in [3.05, 3.63) is 29.8 Å². The van der Waals surface area contributed by atoms with Crippen molar-refractivity contribution < 1.29 is 9.53 Å². The molecule has 3 rings (SSSR count). The Bertz CT molecular complexity index is 578. The maximum Gasteiger partial charge on any atom is 0.410 e. The molecule has 132 valence electrons. The molecule has 0 bridgehead atoms. The van der Waals surface area contributed by atoms with Crippen LogP contribution in [0.5, 0.6) is 0 Å². The van der Waals surface area contributed by atoms with E-state index in [1.807, 2.05) is 32.5 Å². The fraction of sp³-hybridized carbons (Fsp3) is 0.632. The summed E-state index contributed by atoms with van der Waals surface area (Å²) < 4.78 is 5.47. The maximum atomic E-state index is 12.2. The second-order valence-corrected chi connectivity index (χ2v) is 8.97. The summed E-state index contributed by atoms with van der Waals surface area (Å²) in [6.45, 7) is 6.38. The van der Waals surface area contributed by atoms with Gasteiger partial charge in [-0.1, -0.05) is 12.1 Å². The van der Waals surface area contributed by atoms with Gasteiger partial charge in [-0.05, 0) is 63.6 Å². The topological polar surface area (TPSA) is 55.6 Å². The molecular weight excluding hydrogens is 320 g/mol. The maximum absolute atomic E-state index is 12.2. The highest BCUT2D eigenvalue weighted by Crippen LogP contribution is 2.36. The molecule has 5 heteroatoms.